The number of para-hydroxylation sites is 2. The molecule has 0 aliphatic heterocycles. The lowest BCUT2D eigenvalue weighted by Gasteiger charge is -2.12. The molecule has 4 nitrogen and oxygen atoms in total. The van der Waals surface area contributed by atoms with Crippen molar-refractivity contribution in [3.05, 3.63) is 127 Å². The highest BCUT2D eigenvalue weighted by molar-refractivity contribution is 5.96. The Bertz CT molecular complexity index is 1250. The maximum absolute atomic E-state index is 6.19. The molecule has 0 aliphatic rings. The molecular formula is C29H25NO3. The third-order valence-corrected chi connectivity index (χ3v) is 4.68. The molecule has 0 unspecified atom stereocenters. The summed E-state index contributed by atoms with van der Waals surface area (Å²) in [7, 11) is 0. The lowest BCUT2D eigenvalue weighted by molar-refractivity contribution is 0.469. The van der Waals surface area contributed by atoms with E-state index in [0.717, 1.165) is 28.3 Å². The SMILES string of the molecule is CC(=C\Oc1cccc(C)c1)/C(=N/c1ccccc1)Oc1cccc(Oc2ccccc2)c1. The highest BCUT2D eigenvalue weighted by atomic mass is 16.5. The average molecular weight is 436 g/mol. The predicted octanol–water partition coefficient (Wildman–Crippen LogP) is 7.88. The normalized spacial score (nSPS) is 11.7. The Morgan fingerprint density at radius 3 is 2.06 bits per heavy atom. The van der Waals surface area contributed by atoms with Crippen LogP contribution in [0.15, 0.2) is 126 Å². The Hall–Kier alpha value is -4.31. The van der Waals surface area contributed by atoms with Gasteiger partial charge in [0.2, 0.25) is 5.90 Å². The largest absolute Gasteiger partial charge is 0.465 e. The van der Waals surface area contributed by atoms with Gasteiger partial charge in [-0.25, -0.2) is 4.99 Å². The predicted molar refractivity (Wildman–Crippen MR) is 133 cm³/mol. The zero-order valence-electron chi connectivity index (χ0n) is 18.6. The van der Waals surface area contributed by atoms with Gasteiger partial charge in [0, 0.05) is 11.6 Å². The standard InChI is InChI=1S/C29H25NO3/c1-22-11-9-16-26(19-22)31-21-23(2)29(30-24-12-5-3-6-13-24)33-28-18-10-17-27(20-28)32-25-14-7-4-8-15-25/h3-21H,1-2H3/b23-21+,30-29-. The molecule has 4 rings (SSSR count). The first-order valence-electron chi connectivity index (χ1n) is 10.7. The van der Waals surface area contributed by atoms with E-state index in [1.807, 2.05) is 123 Å². The van der Waals surface area contributed by atoms with E-state index in [1.165, 1.54) is 0 Å². The molecule has 0 heterocycles. The van der Waals surface area contributed by atoms with Crippen molar-refractivity contribution >= 4 is 11.6 Å². The number of hydrogen-bond donors (Lipinski definition) is 0. The first-order chi connectivity index (χ1) is 16.2. The smallest absolute Gasteiger partial charge is 0.225 e. The maximum Gasteiger partial charge on any atom is 0.225 e. The zero-order chi connectivity index (χ0) is 22.9. The molecule has 0 atom stereocenters. The lowest BCUT2D eigenvalue weighted by atomic mass is 10.2. The molecule has 33 heavy (non-hydrogen) atoms. The van der Waals surface area contributed by atoms with Crippen LogP contribution in [0.3, 0.4) is 0 Å². The third-order valence-electron chi connectivity index (χ3n) is 4.68. The van der Waals surface area contributed by atoms with Crippen LogP contribution in [-0.4, -0.2) is 5.90 Å². The molecule has 0 aliphatic carbocycles. The van der Waals surface area contributed by atoms with Crippen molar-refractivity contribution in [1.29, 1.82) is 0 Å². The molecule has 0 fully saturated rings. The van der Waals surface area contributed by atoms with Gasteiger partial charge >= 0.3 is 0 Å². The number of aliphatic imine (C=N–C) groups is 1. The van der Waals surface area contributed by atoms with Crippen LogP contribution in [0.2, 0.25) is 0 Å². The van der Waals surface area contributed by atoms with Crippen molar-refractivity contribution in [2.24, 2.45) is 4.99 Å². The molecule has 0 saturated carbocycles. The zero-order valence-corrected chi connectivity index (χ0v) is 18.6. The van der Waals surface area contributed by atoms with Crippen LogP contribution in [0.5, 0.6) is 23.0 Å². The van der Waals surface area contributed by atoms with Crippen molar-refractivity contribution in [2.45, 2.75) is 13.8 Å². The Balaban J connectivity index is 1.58. The molecule has 4 aromatic carbocycles. The van der Waals surface area contributed by atoms with E-state index in [4.69, 9.17) is 19.2 Å². The molecule has 0 N–H and O–H groups in total. The van der Waals surface area contributed by atoms with Crippen LogP contribution >= 0.6 is 0 Å². The number of aryl methyl sites for hydroxylation is 1. The van der Waals surface area contributed by atoms with Crippen LogP contribution in [0.4, 0.5) is 5.69 Å². The molecule has 0 amide bonds. The van der Waals surface area contributed by atoms with Gasteiger partial charge in [-0.1, -0.05) is 54.6 Å². The molecule has 0 bridgehead atoms. The summed E-state index contributed by atoms with van der Waals surface area (Å²) in [5, 5.41) is 0. The molecule has 0 radical (unpaired) electrons. The number of rotatable bonds is 7. The van der Waals surface area contributed by atoms with Gasteiger partial charge in [-0.2, -0.15) is 0 Å². The molecule has 4 aromatic rings. The molecule has 0 spiro atoms. The van der Waals surface area contributed by atoms with Crippen molar-refractivity contribution in [3.63, 3.8) is 0 Å². The average Bonchev–Trinajstić information content (AvgIpc) is 2.84. The minimum Gasteiger partial charge on any atom is -0.465 e. The van der Waals surface area contributed by atoms with Gasteiger partial charge in [-0.05, 0) is 67.9 Å². The topological polar surface area (TPSA) is 40.0 Å². The summed E-state index contributed by atoms with van der Waals surface area (Å²) in [4.78, 5) is 4.70. The quantitative estimate of drug-likeness (QED) is 0.168. The van der Waals surface area contributed by atoms with Crippen molar-refractivity contribution < 1.29 is 14.2 Å². The second kappa shape index (κ2) is 10.8. The Morgan fingerprint density at radius 2 is 1.30 bits per heavy atom. The second-order valence-electron chi connectivity index (χ2n) is 7.48. The summed E-state index contributed by atoms with van der Waals surface area (Å²) in [5.41, 5.74) is 2.66. The summed E-state index contributed by atoms with van der Waals surface area (Å²) in [6.45, 7) is 3.93. The lowest BCUT2D eigenvalue weighted by Crippen LogP contribution is -2.11. The maximum atomic E-state index is 6.19. The molecule has 164 valence electrons. The van der Waals surface area contributed by atoms with Gasteiger partial charge in [-0.3, -0.25) is 0 Å². The monoisotopic (exact) mass is 435 g/mol. The Labute approximate surface area is 194 Å². The summed E-state index contributed by atoms with van der Waals surface area (Å²) < 4.78 is 18.0. The second-order valence-corrected chi connectivity index (χ2v) is 7.48. The van der Waals surface area contributed by atoms with Crippen LogP contribution < -0.4 is 14.2 Å². The summed E-state index contributed by atoms with van der Waals surface area (Å²) in [5.74, 6) is 3.24. The van der Waals surface area contributed by atoms with E-state index in [1.54, 1.807) is 6.26 Å². The van der Waals surface area contributed by atoms with Crippen molar-refractivity contribution in [1.82, 2.24) is 0 Å². The van der Waals surface area contributed by atoms with E-state index < -0.39 is 0 Å². The number of ether oxygens (including phenoxy) is 3. The number of benzene rings is 4. The van der Waals surface area contributed by atoms with Crippen molar-refractivity contribution in [3.8, 4) is 23.0 Å². The molecule has 0 saturated heterocycles. The van der Waals surface area contributed by atoms with Crippen LogP contribution in [0.1, 0.15) is 12.5 Å². The van der Waals surface area contributed by atoms with Gasteiger partial charge in [-0.15, -0.1) is 0 Å². The first-order valence-corrected chi connectivity index (χ1v) is 10.7. The highest BCUT2D eigenvalue weighted by Gasteiger charge is 2.09. The first kappa shape index (κ1) is 21.9. The number of hydrogen-bond acceptors (Lipinski definition) is 4. The molecular weight excluding hydrogens is 410 g/mol. The van der Waals surface area contributed by atoms with Gasteiger partial charge in [0.15, 0.2) is 0 Å². The number of nitrogens with zero attached hydrogens (tertiary/aromatic N) is 1. The minimum atomic E-state index is 0.436. The van der Waals surface area contributed by atoms with Crippen molar-refractivity contribution in [2.75, 3.05) is 0 Å². The van der Waals surface area contributed by atoms with E-state index in [0.29, 0.717) is 17.4 Å². The fourth-order valence-electron chi connectivity index (χ4n) is 3.04. The fraction of sp³-hybridized carbons (Fsp3) is 0.0690. The van der Waals surface area contributed by atoms with Gasteiger partial charge in [0.05, 0.1) is 11.9 Å². The fourth-order valence-corrected chi connectivity index (χ4v) is 3.04. The van der Waals surface area contributed by atoms with Gasteiger partial charge in [0.1, 0.15) is 23.0 Å². The Morgan fingerprint density at radius 1 is 0.667 bits per heavy atom. The highest BCUT2D eigenvalue weighted by Crippen LogP contribution is 2.26. The van der Waals surface area contributed by atoms with E-state index >= 15 is 0 Å². The van der Waals surface area contributed by atoms with Crippen LogP contribution in [-0.2, 0) is 0 Å². The van der Waals surface area contributed by atoms with E-state index in [-0.39, 0.29) is 0 Å². The van der Waals surface area contributed by atoms with Crippen LogP contribution in [0.25, 0.3) is 0 Å². The molecule has 0 aromatic heterocycles. The Kier molecular flexibility index (Phi) is 7.18. The molecule has 4 heteroatoms. The third kappa shape index (κ3) is 6.58. The van der Waals surface area contributed by atoms with Gasteiger partial charge < -0.3 is 14.2 Å². The summed E-state index contributed by atoms with van der Waals surface area (Å²) >= 11 is 0. The van der Waals surface area contributed by atoms with E-state index in [9.17, 15) is 0 Å². The van der Waals surface area contributed by atoms with Crippen LogP contribution in [0, 0.1) is 6.92 Å². The van der Waals surface area contributed by atoms with E-state index in [2.05, 4.69) is 0 Å². The minimum absolute atomic E-state index is 0.436. The summed E-state index contributed by atoms with van der Waals surface area (Å²) in [6, 6.07) is 34.7. The summed E-state index contributed by atoms with van der Waals surface area (Å²) in [6.07, 6.45) is 1.65. The van der Waals surface area contributed by atoms with Gasteiger partial charge in [0.25, 0.3) is 0 Å².